The molecule has 22 heavy (non-hydrogen) atoms. The van der Waals surface area contributed by atoms with E-state index in [9.17, 15) is 9.18 Å². The highest BCUT2D eigenvalue weighted by atomic mass is 19.1. The fraction of sp³-hybridized carbons (Fsp3) is 0.267. The Labute approximate surface area is 126 Å². The molecule has 1 fully saturated rings. The molecule has 6 nitrogen and oxygen atoms in total. The van der Waals surface area contributed by atoms with Crippen molar-refractivity contribution in [3.8, 4) is 6.01 Å². The molecule has 0 spiro atoms. The predicted octanol–water partition coefficient (Wildman–Crippen LogP) is 1.90. The Morgan fingerprint density at radius 1 is 1.45 bits per heavy atom. The summed E-state index contributed by atoms with van der Waals surface area (Å²) in [6, 6.07) is 3.64. The van der Waals surface area contributed by atoms with Crippen LogP contribution in [0.3, 0.4) is 0 Å². The molecule has 3 rings (SSSR count). The van der Waals surface area contributed by atoms with Crippen molar-refractivity contribution in [2.45, 2.75) is 12.5 Å². The molecule has 1 saturated heterocycles. The van der Waals surface area contributed by atoms with E-state index in [0.717, 1.165) is 12.4 Å². The van der Waals surface area contributed by atoms with E-state index < -0.39 is 5.82 Å². The van der Waals surface area contributed by atoms with Crippen molar-refractivity contribution in [3.63, 3.8) is 0 Å². The van der Waals surface area contributed by atoms with Crippen LogP contribution in [0.2, 0.25) is 0 Å². The van der Waals surface area contributed by atoms with Crippen LogP contribution in [0.1, 0.15) is 12.2 Å². The maximum absolute atomic E-state index is 12.7. The number of furan rings is 1. The fourth-order valence-electron chi connectivity index (χ4n) is 2.18. The molecule has 0 aliphatic carbocycles. The van der Waals surface area contributed by atoms with Crippen LogP contribution in [0.4, 0.5) is 4.39 Å². The van der Waals surface area contributed by atoms with Crippen molar-refractivity contribution in [2.24, 2.45) is 0 Å². The molecule has 2 aromatic heterocycles. The molecule has 1 unspecified atom stereocenters. The second kappa shape index (κ2) is 6.38. The van der Waals surface area contributed by atoms with Crippen molar-refractivity contribution in [1.29, 1.82) is 0 Å². The monoisotopic (exact) mass is 303 g/mol. The Morgan fingerprint density at radius 2 is 2.27 bits per heavy atom. The Bertz CT molecular complexity index is 655. The zero-order valence-corrected chi connectivity index (χ0v) is 11.7. The lowest BCUT2D eigenvalue weighted by atomic mass is 10.3. The third-order valence-electron chi connectivity index (χ3n) is 3.26. The van der Waals surface area contributed by atoms with E-state index in [4.69, 9.17) is 9.15 Å². The van der Waals surface area contributed by atoms with E-state index in [2.05, 4.69) is 9.97 Å². The molecule has 1 aliphatic rings. The van der Waals surface area contributed by atoms with Gasteiger partial charge in [-0.2, -0.15) is 0 Å². The number of carbonyl (C=O) groups excluding carboxylic acids is 1. The summed E-state index contributed by atoms with van der Waals surface area (Å²) >= 11 is 0. The van der Waals surface area contributed by atoms with E-state index in [0.29, 0.717) is 25.3 Å². The van der Waals surface area contributed by atoms with E-state index in [1.165, 1.54) is 6.08 Å². The number of rotatable bonds is 4. The van der Waals surface area contributed by atoms with Gasteiger partial charge in [0.25, 0.3) is 0 Å². The van der Waals surface area contributed by atoms with Gasteiger partial charge in [0.05, 0.1) is 25.2 Å². The van der Waals surface area contributed by atoms with Gasteiger partial charge in [-0.05, 0) is 18.2 Å². The van der Waals surface area contributed by atoms with E-state index >= 15 is 0 Å². The Kier molecular flexibility index (Phi) is 4.13. The van der Waals surface area contributed by atoms with Crippen LogP contribution in [-0.2, 0) is 4.79 Å². The Balaban J connectivity index is 1.53. The zero-order valence-electron chi connectivity index (χ0n) is 11.7. The molecular formula is C15H14FN3O3. The number of nitrogens with zero attached hydrogens (tertiary/aromatic N) is 3. The topological polar surface area (TPSA) is 68.5 Å². The van der Waals surface area contributed by atoms with Crippen LogP contribution in [0.15, 0.2) is 41.3 Å². The molecule has 3 heterocycles. The molecule has 1 aliphatic heterocycles. The fourth-order valence-corrected chi connectivity index (χ4v) is 2.18. The number of likely N-dealkylation sites (tertiary alicyclic amines) is 1. The van der Waals surface area contributed by atoms with Crippen LogP contribution in [0, 0.1) is 5.82 Å². The number of hydrogen-bond acceptors (Lipinski definition) is 5. The van der Waals surface area contributed by atoms with Crippen LogP contribution < -0.4 is 4.74 Å². The minimum atomic E-state index is -0.515. The lowest BCUT2D eigenvalue weighted by Gasteiger charge is -2.14. The van der Waals surface area contributed by atoms with E-state index in [1.807, 2.05) is 0 Å². The maximum Gasteiger partial charge on any atom is 0.316 e. The average molecular weight is 303 g/mol. The SMILES string of the molecule is O=C(/C=C/c1ccco1)N1CCC(Oc2ncc(F)cn2)C1. The minimum Gasteiger partial charge on any atom is -0.465 e. The highest BCUT2D eigenvalue weighted by molar-refractivity contribution is 5.91. The first-order chi connectivity index (χ1) is 10.7. The lowest BCUT2D eigenvalue weighted by molar-refractivity contribution is -0.125. The number of halogens is 1. The molecule has 0 aromatic carbocycles. The second-order valence-electron chi connectivity index (χ2n) is 4.85. The van der Waals surface area contributed by atoms with Crippen LogP contribution in [0.25, 0.3) is 6.08 Å². The van der Waals surface area contributed by atoms with Crippen molar-refractivity contribution in [3.05, 3.63) is 48.4 Å². The van der Waals surface area contributed by atoms with Gasteiger partial charge in [0.1, 0.15) is 11.9 Å². The summed E-state index contributed by atoms with van der Waals surface area (Å²) in [5.41, 5.74) is 0. The predicted molar refractivity (Wildman–Crippen MR) is 75.3 cm³/mol. The molecule has 0 bridgehead atoms. The minimum absolute atomic E-state index is 0.109. The quantitative estimate of drug-likeness (QED) is 0.807. The summed E-state index contributed by atoms with van der Waals surface area (Å²) in [5, 5.41) is 0. The number of carbonyl (C=O) groups is 1. The first kappa shape index (κ1) is 14.2. The zero-order chi connectivity index (χ0) is 15.4. The summed E-state index contributed by atoms with van der Waals surface area (Å²) in [6.45, 7) is 1.04. The molecule has 2 aromatic rings. The van der Waals surface area contributed by atoms with Crippen LogP contribution >= 0.6 is 0 Å². The summed E-state index contributed by atoms with van der Waals surface area (Å²) in [6.07, 6.45) is 7.23. The second-order valence-corrected chi connectivity index (χ2v) is 4.85. The van der Waals surface area contributed by atoms with Crippen LogP contribution in [-0.4, -0.2) is 40.0 Å². The van der Waals surface area contributed by atoms with E-state index in [-0.39, 0.29) is 18.0 Å². The first-order valence-electron chi connectivity index (χ1n) is 6.85. The molecular weight excluding hydrogens is 289 g/mol. The number of ether oxygens (including phenoxy) is 1. The van der Waals surface area contributed by atoms with Crippen molar-refractivity contribution in [2.75, 3.05) is 13.1 Å². The van der Waals surface area contributed by atoms with Crippen molar-refractivity contribution in [1.82, 2.24) is 14.9 Å². The summed E-state index contributed by atoms with van der Waals surface area (Å²) < 4.78 is 23.4. The summed E-state index contributed by atoms with van der Waals surface area (Å²) in [4.78, 5) is 21.2. The van der Waals surface area contributed by atoms with Gasteiger partial charge in [0, 0.05) is 19.0 Å². The largest absolute Gasteiger partial charge is 0.465 e. The molecule has 7 heteroatoms. The standard InChI is InChI=1S/C15H14FN3O3/c16-11-8-17-15(18-9-11)22-13-5-6-19(10-13)14(20)4-3-12-2-1-7-21-12/h1-4,7-9,13H,5-6,10H2/b4-3+. The van der Waals surface area contributed by atoms with E-state index in [1.54, 1.807) is 29.4 Å². The van der Waals surface area contributed by atoms with Gasteiger partial charge in [-0.15, -0.1) is 0 Å². The molecule has 1 atom stereocenters. The van der Waals surface area contributed by atoms with Gasteiger partial charge in [0.15, 0.2) is 5.82 Å². The maximum atomic E-state index is 12.7. The van der Waals surface area contributed by atoms with Gasteiger partial charge in [0.2, 0.25) is 5.91 Å². The molecule has 0 saturated carbocycles. The third-order valence-corrected chi connectivity index (χ3v) is 3.26. The summed E-state index contributed by atoms with van der Waals surface area (Å²) in [7, 11) is 0. The first-order valence-corrected chi connectivity index (χ1v) is 6.85. The molecule has 0 radical (unpaired) electrons. The molecule has 0 N–H and O–H groups in total. The van der Waals surface area contributed by atoms with Gasteiger partial charge in [-0.25, -0.2) is 14.4 Å². The smallest absolute Gasteiger partial charge is 0.316 e. The number of hydrogen-bond donors (Lipinski definition) is 0. The van der Waals surface area contributed by atoms with Crippen LogP contribution in [0.5, 0.6) is 6.01 Å². The van der Waals surface area contributed by atoms with Gasteiger partial charge < -0.3 is 14.1 Å². The third kappa shape index (κ3) is 3.49. The number of amides is 1. The summed E-state index contributed by atoms with van der Waals surface area (Å²) in [5.74, 6) is 0.00113. The molecule has 1 amide bonds. The van der Waals surface area contributed by atoms with Gasteiger partial charge in [-0.3, -0.25) is 4.79 Å². The van der Waals surface area contributed by atoms with Gasteiger partial charge in [-0.1, -0.05) is 0 Å². The molecule has 114 valence electrons. The normalized spacial score (nSPS) is 18.0. The van der Waals surface area contributed by atoms with Gasteiger partial charge >= 0.3 is 6.01 Å². The Morgan fingerprint density at radius 3 is 3.00 bits per heavy atom. The van der Waals surface area contributed by atoms with Crippen molar-refractivity contribution >= 4 is 12.0 Å². The lowest BCUT2D eigenvalue weighted by Crippen LogP contribution is -2.29. The highest BCUT2D eigenvalue weighted by Gasteiger charge is 2.27. The highest BCUT2D eigenvalue weighted by Crippen LogP contribution is 2.15. The van der Waals surface area contributed by atoms with Crippen molar-refractivity contribution < 1.29 is 18.3 Å². The number of aromatic nitrogens is 2. The average Bonchev–Trinajstić information content (AvgIpc) is 3.19. The Hall–Kier alpha value is -2.70.